The fraction of sp³-hybridized carbons (Fsp3) is 0.523. The van der Waals surface area contributed by atoms with Gasteiger partial charge in [-0.25, -0.2) is 4.79 Å². The third-order valence-corrected chi connectivity index (χ3v) is 8.76. The first-order chi connectivity index (χ1) is 30.8. The number of halogens is 3. The zero-order valence-corrected chi connectivity index (χ0v) is 35.3. The summed E-state index contributed by atoms with van der Waals surface area (Å²) < 4.78 is 99.2. The van der Waals surface area contributed by atoms with Gasteiger partial charge in [0, 0.05) is 5.69 Å². The van der Waals surface area contributed by atoms with Crippen LogP contribution in [0.3, 0.4) is 0 Å². The number of carbonyl (C=O) groups excluding carboxylic acids is 3. The van der Waals surface area contributed by atoms with E-state index in [-0.39, 0.29) is 56.0 Å². The first-order valence-corrected chi connectivity index (χ1v) is 20.7. The molecule has 1 N–H and O–H groups in total. The largest absolute Gasteiger partial charge is 0.460 e. The van der Waals surface area contributed by atoms with Crippen LogP contribution in [0.2, 0.25) is 0 Å². The molecule has 0 atom stereocenters. The number of alkyl halides is 3. The third kappa shape index (κ3) is 20.2. The topological polar surface area (TPSA) is 168 Å². The molecule has 0 unspecified atom stereocenters. The van der Waals surface area contributed by atoms with E-state index in [1.807, 2.05) is 0 Å². The molecule has 63 heavy (non-hydrogen) atoms. The number of nitrogens with one attached hydrogen (secondary N) is 1. The Labute approximate surface area is 365 Å². The highest BCUT2D eigenvalue weighted by molar-refractivity contribution is 6.21. The summed E-state index contributed by atoms with van der Waals surface area (Å²) in [6.45, 7) is 7.82. The lowest BCUT2D eigenvalue weighted by molar-refractivity contribution is -0.137. The molecule has 16 nitrogen and oxygen atoms in total. The number of esters is 1. The summed E-state index contributed by atoms with van der Waals surface area (Å²) in [7, 11) is 0. The van der Waals surface area contributed by atoms with Crippen LogP contribution in [0.15, 0.2) is 72.8 Å². The highest BCUT2D eigenvalue weighted by atomic mass is 19.4. The smallest absolute Gasteiger partial charge is 0.416 e. The minimum atomic E-state index is -4.49. The van der Waals surface area contributed by atoms with E-state index in [9.17, 15) is 27.6 Å². The van der Waals surface area contributed by atoms with Gasteiger partial charge in [-0.2, -0.15) is 13.2 Å². The van der Waals surface area contributed by atoms with Crippen LogP contribution in [-0.4, -0.2) is 168 Å². The molecular formula is C44H57F3N2O14. The fourth-order valence-corrected chi connectivity index (χ4v) is 5.65. The lowest BCUT2D eigenvalue weighted by Gasteiger charge is -2.13. The second-order valence-corrected chi connectivity index (χ2v) is 13.3. The van der Waals surface area contributed by atoms with Gasteiger partial charge >= 0.3 is 12.1 Å². The third-order valence-electron chi connectivity index (χ3n) is 8.76. The molecule has 0 saturated carbocycles. The maximum Gasteiger partial charge on any atom is 0.416 e. The van der Waals surface area contributed by atoms with Gasteiger partial charge in [0.25, 0.3) is 11.8 Å². The quantitative estimate of drug-likeness (QED) is 0.0467. The number of imide groups is 1. The maximum atomic E-state index is 13.1. The zero-order chi connectivity index (χ0) is 44.8. The molecule has 1 aliphatic rings. The van der Waals surface area contributed by atoms with E-state index in [1.54, 1.807) is 42.5 Å². The van der Waals surface area contributed by atoms with Gasteiger partial charge in [-0.3, -0.25) is 14.5 Å². The molecule has 348 valence electrons. The van der Waals surface area contributed by atoms with E-state index in [1.165, 1.54) is 23.1 Å². The summed E-state index contributed by atoms with van der Waals surface area (Å²) in [4.78, 5) is 38.5. The summed E-state index contributed by atoms with van der Waals surface area (Å²) in [6, 6.07) is 17.9. The van der Waals surface area contributed by atoms with Crippen molar-refractivity contribution in [3.05, 3.63) is 95.1 Å². The van der Waals surface area contributed by atoms with E-state index >= 15 is 0 Å². The number of hydrogen-bond acceptors (Lipinski definition) is 15. The number of ether oxygens (including phenoxy) is 11. The van der Waals surface area contributed by atoms with Crippen LogP contribution in [0.5, 0.6) is 0 Å². The number of anilines is 2. The second kappa shape index (κ2) is 30.5. The van der Waals surface area contributed by atoms with Gasteiger partial charge in [0.15, 0.2) is 0 Å². The van der Waals surface area contributed by atoms with Crippen LogP contribution in [0.1, 0.15) is 36.6 Å². The fourth-order valence-electron chi connectivity index (χ4n) is 5.65. The molecule has 0 spiro atoms. The van der Waals surface area contributed by atoms with Gasteiger partial charge in [-0.1, -0.05) is 30.3 Å². The molecule has 2 amide bonds. The van der Waals surface area contributed by atoms with Crippen LogP contribution in [-0.2, 0) is 58.3 Å². The number of hydrogen-bond donors (Lipinski definition) is 1. The molecule has 0 aromatic heterocycles. The predicted octanol–water partition coefficient (Wildman–Crippen LogP) is 5.07. The molecule has 0 aliphatic carbocycles. The van der Waals surface area contributed by atoms with Gasteiger partial charge in [0.2, 0.25) is 0 Å². The Kier molecular flexibility index (Phi) is 24.8. The number of amides is 2. The van der Waals surface area contributed by atoms with Crippen LogP contribution in [0.4, 0.5) is 24.5 Å². The molecule has 3 aromatic carbocycles. The number of carbonyl (C=O) groups is 3. The number of fused-ring (bicyclic) bond motifs is 1. The Morgan fingerprint density at radius 2 is 0.857 bits per heavy atom. The van der Waals surface area contributed by atoms with Crippen LogP contribution in [0.25, 0.3) is 0 Å². The van der Waals surface area contributed by atoms with Crippen LogP contribution >= 0.6 is 0 Å². The van der Waals surface area contributed by atoms with Crippen molar-refractivity contribution in [1.82, 2.24) is 4.90 Å². The van der Waals surface area contributed by atoms with E-state index in [4.69, 9.17) is 52.1 Å². The lowest BCUT2D eigenvalue weighted by atomic mass is 10.1. The van der Waals surface area contributed by atoms with Gasteiger partial charge in [0.1, 0.15) is 6.61 Å². The van der Waals surface area contributed by atoms with Gasteiger partial charge in [-0.15, -0.1) is 0 Å². The van der Waals surface area contributed by atoms with Crippen molar-refractivity contribution in [2.45, 2.75) is 6.18 Å². The van der Waals surface area contributed by atoms with E-state index in [2.05, 4.69) is 5.32 Å². The van der Waals surface area contributed by atoms with Crippen molar-refractivity contribution in [1.29, 1.82) is 0 Å². The van der Waals surface area contributed by atoms with Crippen molar-refractivity contribution in [2.24, 2.45) is 0 Å². The number of para-hydroxylation sites is 1. The normalized spacial score (nSPS) is 12.6. The highest BCUT2D eigenvalue weighted by Gasteiger charge is 2.34. The molecule has 3 aromatic rings. The summed E-state index contributed by atoms with van der Waals surface area (Å²) >= 11 is 0. The lowest BCUT2D eigenvalue weighted by Crippen LogP contribution is -2.33. The highest BCUT2D eigenvalue weighted by Crippen LogP contribution is 2.32. The Morgan fingerprint density at radius 1 is 0.476 bits per heavy atom. The molecule has 0 bridgehead atoms. The minimum absolute atomic E-state index is 0.0119. The maximum absolute atomic E-state index is 13.1. The number of benzene rings is 3. The van der Waals surface area contributed by atoms with Gasteiger partial charge in [-0.05, 0) is 42.5 Å². The first kappa shape index (κ1) is 51.1. The van der Waals surface area contributed by atoms with Crippen molar-refractivity contribution in [2.75, 3.05) is 151 Å². The Bertz CT molecular complexity index is 1730. The average molecular weight is 895 g/mol. The number of rotatable bonds is 36. The number of nitrogens with zero attached hydrogens (tertiary/aromatic N) is 1. The second-order valence-electron chi connectivity index (χ2n) is 13.3. The molecule has 19 heteroatoms. The van der Waals surface area contributed by atoms with E-state index in [0.717, 1.165) is 12.1 Å². The SMILES string of the molecule is O=C(OCCOCCOCCOCCOCCOCCOCCOCCOCCOCCOCCN1C(=O)c2ccccc2C1=O)c1ccccc1Nc1cccc(C(F)(F)F)c1. The summed E-state index contributed by atoms with van der Waals surface area (Å²) in [5.74, 6) is -1.22. The Balaban J connectivity index is 0.809. The van der Waals surface area contributed by atoms with E-state index in [0.29, 0.717) is 129 Å². The van der Waals surface area contributed by atoms with Gasteiger partial charge < -0.3 is 57.4 Å². The first-order valence-electron chi connectivity index (χ1n) is 20.7. The van der Waals surface area contributed by atoms with Crippen molar-refractivity contribution >= 4 is 29.2 Å². The average Bonchev–Trinajstić information content (AvgIpc) is 3.52. The molecule has 4 rings (SSSR count). The van der Waals surface area contributed by atoms with Crippen molar-refractivity contribution in [3.8, 4) is 0 Å². The molecule has 0 radical (unpaired) electrons. The molecule has 0 fully saturated rings. The monoisotopic (exact) mass is 894 g/mol. The van der Waals surface area contributed by atoms with Crippen LogP contribution in [0, 0.1) is 0 Å². The van der Waals surface area contributed by atoms with E-state index < -0.39 is 17.7 Å². The zero-order valence-electron chi connectivity index (χ0n) is 35.3. The molecule has 1 heterocycles. The predicted molar refractivity (Wildman–Crippen MR) is 221 cm³/mol. The van der Waals surface area contributed by atoms with Crippen molar-refractivity contribution in [3.63, 3.8) is 0 Å². The summed E-state index contributed by atoms with van der Waals surface area (Å²) in [5, 5.41) is 2.86. The standard InChI is InChI=1S/C44H57F3N2O14/c45-44(46,47)35-6-5-7-36(34-35)48-40-11-4-3-10-39(40)43(52)63-33-32-62-31-30-61-29-28-60-27-26-59-25-24-58-23-22-57-21-20-56-19-18-55-17-16-54-15-14-53-13-12-49-41(50)37-8-1-2-9-38(37)42(49)51/h1-11,34,48H,12-33H2. The molecule has 0 saturated heterocycles. The minimum Gasteiger partial charge on any atom is -0.460 e. The summed E-state index contributed by atoms with van der Waals surface area (Å²) in [5.41, 5.74) is 0.737. The summed E-state index contributed by atoms with van der Waals surface area (Å²) in [6.07, 6.45) is -4.49. The van der Waals surface area contributed by atoms with Crippen molar-refractivity contribution < 1.29 is 79.7 Å². The van der Waals surface area contributed by atoms with Gasteiger partial charge in [0.05, 0.1) is 167 Å². The Hall–Kier alpha value is -4.54. The Morgan fingerprint density at radius 3 is 1.29 bits per heavy atom. The molecule has 1 aliphatic heterocycles. The molecular weight excluding hydrogens is 837 g/mol. The van der Waals surface area contributed by atoms with Crippen LogP contribution < -0.4 is 5.32 Å².